The largest absolute Gasteiger partial charge is 0.311 e. The van der Waals surface area contributed by atoms with Crippen LogP contribution < -0.4 is 5.32 Å². The molecule has 1 heterocycles. The van der Waals surface area contributed by atoms with Gasteiger partial charge in [-0.05, 0) is 33.3 Å². The number of hydrogen-bond acceptors (Lipinski definition) is 2. The summed E-state index contributed by atoms with van der Waals surface area (Å²) in [6.45, 7) is 12.0. The molecule has 0 spiro atoms. The van der Waals surface area contributed by atoms with Crippen LogP contribution in [0.3, 0.4) is 0 Å². The number of halogens is 1. The molecule has 0 aromatic rings. The first-order valence-corrected chi connectivity index (χ1v) is 5.63. The second kappa shape index (κ2) is 4.65. The lowest BCUT2D eigenvalue weighted by molar-refractivity contribution is 0.0803. The van der Waals surface area contributed by atoms with Crippen molar-refractivity contribution in [2.75, 3.05) is 19.6 Å². The highest BCUT2D eigenvalue weighted by atomic mass is 35.5. The van der Waals surface area contributed by atoms with Gasteiger partial charge in [-0.3, -0.25) is 4.90 Å². The summed E-state index contributed by atoms with van der Waals surface area (Å²) in [6, 6.07) is 0.575. The van der Waals surface area contributed by atoms with Crippen molar-refractivity contribution in [3.05, 3.63) is 11.1 Å². The molecule has 1 fully saturated rings. The van der Waals surface area contributed by atoms with E-state index >= 15 is 0 Å². The monoisotopic (exact) mass is 216 g/mol. The van der Waals surface area contributed by atoms with Gasteiger partial charge < -0.3 is 5.32 Å². The van der Waals surface area contributed by atoms with Crippen molar-refractivity contribution in [2.45, 2.75) is 39.3 Å². The normalized spacial score (nSPS) is 29.2. The van der Waals surface area contributed by atoms with Crippen LogP contribution in [0.1, 0.15) is 27.7 Å². The molecule has 0 aromatic carbocycles. The molecule has 0 aromatic heterocycles. The maximum absolute atomic E-state index is 5.70. The Morgan fingerprint density at radius 3 is 2.86 bits per heavy atom. The van der Waals surface area contributed by atoms with Gasteiger partial charge in [0, 0.05) is 36.8 Å². The first-order chi connectivity index (χ1) is 6.45. The van der Waals surface area contributed by atoms with E-state index in [9.17, 15) is 0 Å². The Bertz CT molecular complexity index is 223. The molecule has 14 heavy (non-hydrogen) atoms. The van der Waals surface area contributed by atoms with Crippen LogP contribution in [0.2, 0.25) is 0 Å². The Labute approximate surface area is 92.3 Å². The molecule has 0 radical (unpaired) electrons. The number of nitrogens with zero attached hydrogens (tertiary/aromatic N) is 1. The zero-order valence-corrected chi connectivity index (χ0v) is 10.4. The topological polar surface area (TPSA) is 15.3 Å². The van der Waals surface area contributed by atoms with E-state index in [1.807, 2.05) is 0 Å². The van der Waals surface area contributed by atoms with E-state index in [1.54, 1.807) is 5.54 Å². The van der Waals surface area contributed by atoms with Crippen molar-refractivity contribution >= 4 is 11.6 Å². The maximum Gasteiger partial charge on any atom is 0.0281 e. The zero-order valence-electron chi connectivity index (χ0n) is 9.60. The summed E-state index contributed by atoms with van der Waals surface area (Å²) in [5.74, 6) is 0. The highest BCUT2D eigenvalue weighted by molar-refractivity contribution is 6.25. The van der Waals surface area contributed by atoms with Gasteiger partial charge in [0.15, 0.2) is 0 Å². The van der Waals surface area contributed by atoms with Crippen molar-refractivity contribution in [2.24, 2.45) is 0 Å². The van der Waals surface area contributed by atoms with Gasteiger partial charge in [0.05, 0.1) is 0 Å². The van der Waals surface area contributed by atoms with E-state index in [-0.39, 0.29) is 5.54 Å². The van der Waals surface area contributed by atoms with Crippen LogP contribution in [-0.2, 0) is 0 Å². The molecule has 1 unspecified atom stereocenters. The SMILES string of the molecule is CC(=CCl)CN1CC(C)NCC1(C)C. The number of nitrogens with one attached hydrogen (secondary N) is 1. The minimum Gasteiger partial charge on any atom is -0.311 e. The summed E-state index contributed by atoms with van der Waals surface area (Å²) in [4.78, 5) is 2.49. The van der Waals surface area contributed by atoms with Crippen LogP contribution in [-0.4, -0.2) is 36.1 Å². The molecule has 1 N–H and O–H groups in total. The van der Waals surface area contributed by atoms with Gasteiger partial charge >= 0.3 is 0 Å². The van der Waals surface area contributed by atoms with Gasteiger partial charge in [-0.1, -0.05) is 11.6 Å². The maximum atomic E-state index is 5.70. The van der Waals surface area contributed by atoms with Crippen LogP contribution in [0, 0.1) is 0 Å². The Morgan fingerprint density at radius 1 is 1.64 bits per heavy atom. The van der Waals surface area contributed by atoms with E-state index in [2.05, 4.69) is 37.9 Å². The summed E-state index contributed by atoms with van der Waals surface area (Å²) in [7, 11) is 0. The molecule has 3 heteroatoms. The molecule has 1 rings (SSSR count). The van der Waals surface area contributed by atoms with E-state index < -0.39 is 0 Å². The second-order valence-corrected chi connectivity index (χ2v) is 5.15. The third kappa shape index (κ3) is 2.97. The van der Waals surface area contributed by atoms with Crippen LogP contribution in [0.4, 0.5) is 0 Å². The van der Waals surface area contributed by atoms with Gasteiger partial charge in [0.2, 0.25) is 0 Å². The average Bonchev–Trinajstić information content (AvgIpc) is 2.12. The van der Waals surface area contributed by atoms with Crippen molar-refractivity contribution in [1.29, 1.82) is 0 Å². The van der Waals surface area contributed by atoms with E-state index in [0.29, 0.717) is 6.04 Å². The summed E-state index contributed by atoms with van der Waals surface area (Å²) >= 11 is 5.70. The fraction of sp³-hybridized carbons (Fsp3) is 0.818. The van der Waals surface area contributed by atoms with E-state index in [1.165, 1.54) is 5.57 Å². The summed E-state index contributed by atoms with van der Waals surface area (Å²) in [5, 5.41) is 3.50. The van der Waals surface area contributed by atoms with E-state index in [0.717, 1.165) is 19.6 Å². The molecule has 1 atom stereocenters. The minimum absolute atomic E-state index is 0.230. The Morgan fingerprint density at radius 2 is 2.29 bits per heavy atom. The molecule has 82 valence electrons. The van der Waals surface area contributed by atoms with E-state index in [4.69, 9.17) is 11.6 Å². The van der Waals surface area contributed by atoms with Crippen molar-refractivity contribution in [1.82, 2.24) is 10.2 Å². The first-order valence-electron chi connectivity index (χ1n) is 5.20. The minimum atomic E-state index is 0.230. The molecule has 1 aliphatic rings. The molecule has 0 saturated carbocycles. The second-order valence-electron chi connectivity index (χ2n) is 4.93. The predicted octanol–water partition coefficient (Wildman–Crippen LogP) is 2.20. The molecule has 1 saturated heterocycles. The van der Waals surface area contributed by atoms with Crippen LogP contribution >= 0.6 is 11.6 Å². The fourth-order valence-corrected chi connectivity index (χ4v) is 1.86. The Kier molecular flexibility index (Phi) is 3.99. The highest BCUT2D eigenvalue weighted by Crippen LogP contribution is 2.19. The standard InChI is InChI=1S/C11H21ClN2/c1-9(5-12)6-14-7-10(2)13-8-11(14,3)4/h5,10,13H,6-8H2,1-4H3. The lowest BCUT2D eigenvalue weighted by Crippen LogP contribution is -2.61. The molecular weight excluding hydrogens is 196 g/mol. The van der Waals surface area contributed by atoms with Gasteiger partial charge in [-0.2, -0.15) is 0 Å². The predicted molar refractivity (Wildman–Crippen MR) is 62.7 cm³/mol. The van der Waals surface area contributed by atoms with Crippen molar-refractivity contribution in [3.8, 4) is 0 Å². The van der Waals surface area contributed by atoms with Crippen LogP contribution in [0.15, 0.2) is 11.1 Å². The zero-order chi connectivity index (χ0) is 10.8. The Hall–Kier alpha value is -0.0500. The third-order valence-corrected chi connectivity index (χ3v) is 3.23. The quantitative estimate of drug-likeness (QED) is 0.762. The van der Waals surface area contributed by atoms with Gasteiger partial charge in [-0.15, -0.1) is 0 Å². The lowest BCUT2D eigenvalue weighted by Gasteiger charge is -2.45. The highest BCUT2D eigenvalue weighted by Gasteiger charge is 2.31. The summed E-state index contributed by atoms with van der Waals surface area (Å²) in [6.07, 6.45) is 0. The molecular formula is C11H21ClN2. The lowest BCUT2D eigenvalue weighted by atomic mass is 9.97. The molecule has 0 aliphatic carbocycles. The average molecular weight is 217 g/mol. The smallest absolute Gasteiger partial charge is 0.0281 e. The van der Waals surface area contributed by atoms with Crippen molar-refractivity contribution in [3.63, 3.8) is 0 Å². The molecule has 0 amide bonds. The van der Waals surface area contributed by atoms with Crippen LogP contribution in [0.5, 0.6) is 0 Å². The van der Waals surface area contributed by atoms with Gasteiger partial charge in [0.25, 0.3) is 0 Å². The number of hydrogen-bond donors (Lipinski definition) is 1. The molecule has 2 nitrogen and oxygen atoms in total. The molecule has 1 aliphatic heterocycles. The Balaban J connectivity index is 2.63. The number of piperazine rings is 1. The fourth-order valence-electron chi connectivity index (χ4n) is 1.79. The first kappa shape index (κ1) is 12.0. The van der Waals surface area contributed by atoms with Gasteiger partial charge in [0.1, 0.15) is 0 Å². The third-order valence-electron chi connectivity index (χ3n) is 2.86. The van der Waals surface area contributed by atoms with Gasteiger partial charge in [-0.25, -0.2) is 0 Å². The molecule has 0 bridgehead atoms. The number of rotatable bonds is 2. The summed E-state index contributed by atoms with van der Waals surface area (Å²) in [5.41, 5.74) is 3.14. The van der Waals surface area contributed by atoms with Crippen LogP contribution in [0.25, 0.3) is 0 Å². The van der Waals surface area contributed by atoms with Crippen molar-refractivity contribution < 1.29 is 0 Å². The summed E-state index contributed by atoms with van der Waals surface area (Å²) < 4.78 is 0.